The van der Waals surface area contributed by atoms with Crippen molar-refractivity contribution in [1.82, 2.24) is 0 Å². The number of carbonyl (C=O) groups is 3. The molecular weight excluding hydrogens is 244 g/mol. The Bertz CT molecular complexity index is 483. The van der Waals surface area contributed by atoms with E-state index in [0.29, 0.717) is 18.8 Å². The summed E-state index contributed by atoms with van der Waals surface area (Å²) in [7, 11) is 0. The number of hydrogen-bond donors (Lipinski definition) is 1. The molecule has 3 fully saturated rings. The lowest BCUT2D eigenvalue weighted by molar-refractivity contribution is -0.153. The summed E-state index contributed by atoms with van der Waals surface area (Å²) in [5.41, 5.74) is -0.777. The second kappa shape index (κ2) is 3.68. The van der Waals surface area contributed by atoms with Crippen LogP contribution in [0, 0.1) is 40.9 Å². The second-order valence-electron chi connectivity index (χ2n) is 6.81. The molecule has 104 valence electrons. The first-order valence-corrected chi connectivity index (χ1v) is 7.12. The molecule has 0 saturated heterocycles. The maximum absolute atomic E-state index is 12.8. The van der Waals surface area contributed by atoms with Crippen LogP contribution in [0.1, 0.15) is 33.6 Å². The molecule has 0 amide bonds. The van der Waals surface area contributed by atoms with E-state index in [4.69, 9.17) is 0 Å². The Kier molecular flexibility index (Phi) is 2.48. The maximum Gasteiger partial charge on any atom is 0.307 e. The lowest BCUT2D eigenvalue weighted by Crippen LogP contribution is -2.43. The predicted molar refractivity (Wildman–Crippen MR) is 67.3 cm³/mol. The molecule has 0 aromatic rings. The van der Waals surface area contributed by atoms with Crippen LogP contribution in [0.3, 0.4) is 0 Å². The van der Waals surface area contributed by atoms with E-state index >= 15 is 0 Å². The quantitative estimate of drug-likeness (QED) is 0.825. The lowest BCUT2D eigenvalue weighted by atomic mass is 9.66. The van der Waals surface area contributed by atoms with E-state index in [1.165, 1.54) is 0 Å². The normalized spacial score (nSPS) is 49.5. The Hall–Kier alpha value is -1.19. The van der Waals surface area contributed by atoms with Crippen LogP contribution in [0.15, 0.2) is 0 Å². The predicted octanol–water partition coefficient (Wildman–Crippen LogP) is 1.77. The van der Waals surface area contributed by atoms with Gasteiger partial charge in [-0.05, 0) is 24.2 Å². The molecule has 0 aromatic carbocycles. The summed E-state index contributed by atoms with van der Waals surface area (Å²) >= 11 is 0. The van der Waals surface area contributed by atoms with Crippen molar-refractivity contribution in [1.29, 1.82) is 0 Å². The fourth-order valence-corrected chi connectivity index (χ4v) is 5.35. The van der Waals surface area contributed by atoms with Crippen LogP contribution >= 0.6 is 0 Å². The summed E-state index contributed by atoms with van der Waals surface area (Å²) in [6.45, 7) is 5.59. The molecule has 3 aliphatic carbocycles. The average molecular weight is 264 g/mol. The van der Waals surface area contributed by atoms with E-state index in [1.807, 2.05) is 6.92 Å². The summed E-state index contributed by atoms with van der Waals surface area (Å²) in [5.74, 6) is -1.28. The zero-order valence-electron chi connectivity index (χ0n) is 11.6. The van der Waals surface area contributed by atoms with Crippen molar-refractivity contribution in [2.45, 2.75) is 33.6 Å². The molecule has 0 radical (unpaired) electrons. The minimum Gasteiger partial charge on any atom is -0.481 e. The number of carboxylic acid groups (broad SMARTS) is 1. The summed E-state index contributed by atoms with van der Waals surface area (Å²) in [4.78, 5) is 36.3. The number of aliphatic carboxylic acids is 1. The van der Waals surface area contributed by atoms with Gasteiger partial charge in [0.1, 0.15) is 11.6 Å². The van der Waals surface area contributed by atoms with Crippen molar-refractivity contribution in [3.8, 4) is 0 Å². The molecule has 3 saturated carbocycles. The summed E-state index contributed by atoms with van der Waals surface area (Å²) in [5, 5.41) is 9.38. The minimum atomic E-state index is -0.908. The van der Waals surface area contributed by atoms with E-state index < -0.39 is 17.3 Å². The molecule has 0 aliphatic heterocycles. The summed E-state index contributed by atoms with van der Waals surface area (Å²) < 4.78 is 0. The van der Waals surface area contributed by atoms with Gasteiger partial charge in [0.2, 0.25) is 0 Å². The molecule has 1 N–H and O–H groups in total. The van der Waals surface area contributed by atoms with Crippen LogP contribution in [0.25, 0.3) is 0 Å². The van der Waals surface area contributed by atoms with Gasteiger partial charge in [-0.25, -0.2) is 0 Å². The first-order chi connectivity index (χ1) is 8.82. The van der Waals surface area contributed by atoms with Crippen LogP contribution in [0.4, 0.5) is 0 Å². The summed E-state index contributed by atoms with van der Waals surface area (Å²) in [6, 6.07) is 0. The van der Waals surface area contributed by atoms with Crippen molar-refractivity contribution in [2.75, 3.05) is 0 Å². The first-order valence-electron chi connectivity index (χ1n) is 7.12. The summed E-state index contributed by atoms with van der Waals surface area (Å²) in [6.07, 6.45) is 1.04. The van der Waals surface area contributed by atoms with E-state index in [-0.39, 0.29) is 35.2 Å². The number of carboxylic acids is 1. The molecule has 3 aliphatic rings. The SMILES string of the molecule is CC1C(=O)CC2C3C1C(=O)C2(C(C)C(=O)O)C[C@H]3C. The van der Waals surface area contributed by atoms with Gasteiger partial charge in [-0.15, -0.1) is 0 Å². The molecule has 4 bridgehead atoms. The molecule has 0 heterocycles. The number of rotatable bonds is 2. The highest BCUT2D eigenvalue weighted by molar-refractivity contribution is 6.01. The van der Waals surface area contributed by atoms with Crippen LogP contribution < -0.4 is 0 Å². The number of carbonyl (C=O) groups excluding carboxylic acids is 2. The van der Waals surface area contributed by atoms with Gasteiger partial charge in [0.15, 0.2) is 0 Å². The Morgan fingerprint density at radius 1 is 1.37 bits per heavy atom. The van der Waals surface area contributed by atoms with Gasteiger partial charge < -0.3 is 5.11 Å². The third-order valence-electron chi connectivity index (χ3n) is 6.23. The molecule has 0 aromatic heterocycles. The van der Waals surface area contributed by atoms with Gasteiger partial charge in [-0.3, -0.25) is 14.4 Å². The van der Waals surface area contributed by atoms with E-state index in [2.05, 4.69) is 6.92 Å². The Morgan fingerprint density at radius 2 is 2.00 bits per heavy atom. The van der Waals surface area contributed by atoms with Crippen molar-refractivity contribution in [3.05, 3.63) is 0 Å². The van der Waals surface area contributed by atoms with Crippen molar-refractivity contribution >= 4 is 17.5 Å². The maximum atomic E-state index is 12.8. The van der Waals surface area contributed by atoms with E-state index in [9.17, 15) is 19.5 Å². The molecule has 7 atom stereocenters. The molecule has 19 heavy (non-hydrogen) atoms. The third-order valence-corrected chi connectivity index (χ3v) is 6.23. The van der Waals surface area contributed by atoms with Crippen LogP contribution in [-0.2, 0) is 14.4 Å². The highest BCUT2D eigenvalue weighted by atomic mass is 16.4. The van der Waals surface area contributed by atoms with Crippen LogP contribution in [0.5, 0.6) is 0 Å². The van der Waals surface area contributed by atoms with Crippen LogP contribution in [0.2, 0.25) is 0 Å². The zero-order valence-corrected chi connectivity index (χ0v) is 11.6. The van der Waals surface area contributed by atoms with Gasteiger partial charge in [-0.1, -0.05) is 20.8 Å². The average Bonchev–Trinajstić information content (AvgIpc) is 2.72. The van der Waals surface area contributed by atoms with E-state index in [0.717, 1.165) is 0 Å². The number of Topliss-reactive ketones (excluding diaryl/α,β-unsaturated/α-hetero) is 2. The Balaban J connectivity index is 2.13. The van der Waals surface area contributed by atoms with Gasteiger partial charge >= 0.3 is 5.97 Å². The smallest absolute Gasteiger partial charge is 0.307 e. The van der Waals surface area contributed by atoms with Gasteiger partial charge in [0.25, 0.3) is 0 Å². The number of ketones is 2. The van der Waals surface area contributed by atoms with E-state index in [1.54, 1.807) is 6.92 Å². The van der Waals surface area contributed by atoms with Gasteiger partial charge in [0.05, 0.1) is 5.92 Å². The standard InChI is InChI=1S/C15H20O4/c1-6-5-15(8(3)14(18)19)9-4-10(16)7(2)12(11(6)9)13(15)17/h6-9,11-12H,4-5H2,1-3H3,(H,18,19)/t6-,7?,8?,9?,11?,12?,15?/m1/s1. The lowest BCUT2D eigenvalue weighted by Gasteiger charge is -2.35. The molecule has 4 nitrogen and oxygen atoms in total. The van der Waals surface area contributed by atoms with Crippen molar-refractivity contribution in [3.63, 3.8) is 0 Å². The van der Waals surface area contributed by atoms with Crippen molar-refractivity contribution in [2.24, 2.45) is 40.9 Å². The Morgan fingerprint density at radius 3 is 2.58 bits per heavy atom. The zero-order chi connectivity index (χ0) is 14.1. The minimum absolute atomic E-state index is 0.0326. The Labute approximate surface area is 112 Å². The van der Waals surface area contributed by atoms with Crippen molar-refractivity contribution < 1.29 is 19.5 Å². The van der Waals surface area contributed by atoms with Gasteiger partial charge in [0, 0.05) is 23.7 Å². The number of hydrogen-bond acceptors (Lipinski definition) is 3. The molecule has 4 heteroatoms. The molecule has 0 spiro atoms. The fourth-order valence-electron chi connectivity index (χ4n) is 5.35. The fraction of sp³-hybridized carbons (Fsp3) is 0.800. The molecule has 6 unspecified atom stereocenters. The molecular formula is C15H20O4. The first kappa shape index (κ1) is 12.8. The van der Waals surface area contributed by atoms with Crippen LogP contribution in [-0.4, -0.2) is 22.6 Å². The topological polar surface area (TPSA) is 71.4 Å². The highest BCUT2D eigenvalue weighted by Gasteiger charge is 2.72. The highest BCUT2D eigenvalue weighted by Crippen LogP contribution is 2.68. The second-order valence-corrected chi connectivity index (χ2v) is 6.81. The third kappa shape index (κ3) is 1.27. The molecule has 3 rings (SSSR count). The van der Waals surface area contributed by atoms with Gasteiger partial charge in [-0.2, -0.15) is 0 Å². The largest absolute Gasteiger partial charge is 0.481 e. The monoisotopic (exact) mass is 264 g/mol.